The van der Waals surface area contributed by atoms with E-state index >= 15 is 0 Å². The Morgan fingerprint density at radius 2 is 2.09 bits per heavy atom. The predicted octanol–water partition coefficient (Wildman–Crippen LogP) is 1.44. The standard InChI is InChI=1S/C15H22N4O3/c1-8-6-11(18-19(8)2)16-15(21)17-13-10-5-4-9(7-10)12(13)14(20)22-3/h6,9-10,12-13H,4-5,7H2,1-3H3,(H2,16,17,18,21)/t9-,10-,12-,13-/m0/s1. The minimum atomic E-state index is -0.315. The summed E-state index contributed by atoms with van der Waals surface area (Å²) in [5, 5.41) is 9.88. The predicted molar refractivity (Wildman–Crippen MR) is 80.2 cm³/mol. The summed E-state index contributed by atoms with van der Waals surface area (Å²) in [6, 6.07) is 1.35. The summed E-state index contributed by atoms with van der Waals surface area (Å²) in [5.74, 6) is 0.770. The molecule has 1 heterocycles. The summed E-state index contributed by atoms with van der Waals surface area (Å²) >= 11 is 0. The van der Waals surface area contributed by atoms with E-state index in [0.29, 0.717) is 17.7 Å². The molecule has 120 valence electrons. The summed E-state index contributed by atoms with van der Waals surface area (Å²) in [6.45, 7) is 1.92. The zero-order valence-corrected chi connectivity index (χ0v) is 13.1. The molecule has 7 heteroatoms. The monoisotopic (exact) mass is 306 g/mol. The van der Waals surface area contributed by atoms with E-state index in [4.69, 9.17) is 4.74 Å². The third kappa shape index (κ3) is 2.55. The zero-order valence-electron chi connectivity index (χ0n) is 13.1. The Labute approximate surface area is 129 Å². The number of anilines is 1. The van der Waals surface area contributed by atoms with Gasteiger partial charge in [-0.1, -0.05) is 0 Å². The Bertz CT molecular complexity index is 578. The Morgan fingerprint density at radius 1 is 1.36 bits per heavy atom. The van der Waals surface area contributed by atoms with E-state index < -0.39 is 0 Å². The van der Waals surface area contributed by atoms with E-state index in [1.807, 2.05) is 14.0 Å². The van der Waals surface area contributed by atoms with Gasteiger partial charge < -0.3 is 10.1 Å². The molecule has 2 amide bonds. The number of fused-ring (bicyclic) bond motifs is 2. The third-order valence-corrected chi connectivity index (χ3v) is 5.04. The van der Waals surface area contributed by atoms with Gasteiger partial charge in [0.05, 0.1) is 13.0 Å². The first-order valence-electron chi connectivity index (χ1n) is 7.65. The molecule has 0 unspecified atom stereocenters. The molecule has 2 aliphatic carbocycles. The molecule has 0 saturated heterocycles. The Kier molecular flexibility index (Phi) is 3.80. The Balaban J connectivity index is 1.66. The molecule has 2 N–H and O–H groups in total. The highest BCUT2D eigenvalue weighted by Gasteiger charge is 2.52. The minimum Gasteiger partial charge on any atom is -0.469 e. The molecule has 7 nitrogen and oxygen atoms in total. The molecule has 1 aromatic heterocycles. The molecule has 2 fully saturated rings. The molecule has 2 saturated carbocycles. The molecule has 3 rings (SSSR count). The molecule has 2 aliphatic rings. The van der Waals surface area contributed by atoms with Crippen LogP contribution in [0.5, 0.6) is 0 Å². The van der Waals surface area contributed by atoms with Crippen LogP contribution in [0.4, 0.5) is 10.6 Å². The fourth-order valence-corrected chi connectivity index (χ4v) is 3.90. The van der Waals surface area contributed by atoms with E-state index in [-0.39, 0.29) is 24.0 Å². The first-order chi connectivity index (χ1) is 10.5. The van der Waals surface area contributed by atoms with Crippen molar-refractivity contribution in [2.75, 3.05) is 12.4 Å². The van der Waals surface area contributed by atoms with E-state index in [1.54, 1.807) is 10.7 Å². The number of urea groups is 1. The number of methoxy groups -OCH3 is 1. The maximum atomic E-state index is 12.2. The van der Waals surface area contributed by atoms with Crippen LogP contribution in [-0.2, 0) is 16.6 Å². The van der Waals surface area contributed by atoms with Gasteiger partial charge >= 0.3 is 12.0 Å². The van der Waals surface area contributed by atoms with Crippen LogP contribution in [0.15, 0.2) is 6.07 Å². The van der Waals surface area contributed by atoms with Crippen LogP contribution in [0.1, 0.15) is 25.0 Å². The number of ether oxygens (including phenoxy) is 1. The van der Waals surface area contributed by atoms with Gasteiger partial charge in [-0.2, -0.15) is 5.10 Å². The van der Waals surface area contributed by atoms with Crippen LogP contribution in [0.3, 0.4) is 0 Å². The smallest absolute Gasteiger partial charge is 0.320 e. The highest BCUT2D eigenvalue weighted by atomic mass is 16.5. The Hall–Kier alpha value is -2.05. The molecule has 1 aromatic rings. The molecular formula is C15H22N4O3. The highest BCUT2D eigenvalue weighted by Crippen LogP contribution is 2.48. The van der Waals surface area contributed by atoms with Gasteiger partial charge in [0.1, 0.15) is 0 Å². The molecule has 0 aromatic carbocycles. The summed E-state index contributed by atoms with van der Waals surface area (Å²) in [5.41, 5.74) is 0.961. The largest absolute Gasteiger partial charge is 0.469 e. The number of rotatable bonds is 3. The van der Waals surface area contributed by atoms with E-state index in [9.17, 15) is 9.59 Å². The fraction of sp³-hybridized carbons (Fsp3) is 0.667. The van der Waals surface area contributed by atoms with Crippen LogP contribution >= 0.6 is 0 Å². The first-order valence-corrected chi connectivity index (χ1v) is 7.65. The summed E-state index contributed by atoms with van der Waals surface area (Å²) in [4.78, 5) is 24.2. The molecule has 22 heavy (non-hydrogen) atoms. The van der Waals surface area contributed by atoms with Crippen LogP contribution < -0.4 is 10.6 Å². The number of carbonyl (C=O) groups is 2. The van der Waals surface area contributed by atoms with Crippen molar-refractivity contribution in [3.63, 3.8) is 0 Å². The second kappa shape index (κ2) is 5.62. The van der Waals surface area contributed by atoms with Crippen molar-refractivity contribution < 1.29 is 14.3 Å². The van der Waals surface area contributed by atoms with Gasteiger partial charge in [0, 0.05) is 24.8 Å². The van der Waals surface area contributed by atoms with Crippen molar-refractivity contribution in [3.8, 4) is 0 Å². The topological polar surface area (TPSA) is 85.2 Å². The number of esters is 1. The number of aryl methyl sites for hydroxylation is 2. The lowest BCUT2D eigenvalue weighted by Gasteiger charge is -2.29. The number of aromatic nitrogens is 2. The molecule has 2 bridgehead atoms. The second-order valence-corrected chi connectivity index (χ2v) is 6.30. The van der Waals surface area contributed by atoms with Crippen LogP contribution in [0, 0.1) is 24.7 Å². The van der Waals surface area contributed by atoms with Crippen molar-refractivity contribution >= 4 is 17.8 Å². The fourth-order valence-electron chi connectivity index (χ4n) is 3.90. The number of nitrogens with zero attached hydrogens (tertiary/aromatic N) is 2. The van der Waals surface area contributed by atoms with Gasteiger partial charge in [-0.05, 0) is 38.0 Å². The minimum absolute atomic E-state index is 0.143. The van der Waals surface area contributed by atoms with Gasteiger partial charge in [-0.15, -0.1) is 0 Å². The van der Waals surface area contributed by atoms with Gasteiger partial charge in [-0.25, -0.2) is 4.79 Å². The quantitative estimate of drug-likeness (QED) is 0.827. The normalized spacial score (nSPS) is 29.4. The lowest BCUT2D eigenvalue weighted by atomic mass is 9.84. The van der Waals surface area contributed by atoms with E-state index in [1.165, 1.54) is 7.11 Å². The van der Waals surface area contributed by atoms with Gasteiger partial charge in [0.25, 0.3) is 0 Å². The van der Waals surface area contributed by atoms with Crippen molar-refractivity contribution in [1.29, 1.82) is 0 Å². The Morgan fingerprint density at radius 3 is 2.73 bits per heavy atom. The van der Waals surface area contributed by atoms with Crippen molar-refractivity contribution in [1.82, 2.24) is 15.1 Å². The second-order valence-electron chi connectivity index (χ2n) is 6.30. The average molecular weight is 306 g/mol. The number of nitrogens with one attached hydrogen (secondary N) is 2. The molecule has 0 aliphatic heterocycles. The lowest BCUT2D eigenvalue weighted by molar-refractivity contribution is -0.148. The van der Waals surface area contributed by atoms with Crippen molar-refractivity contribution in [3.05, 3.63) is 11.8 Å². The summed E-state index contributed by atoms with van der Waals surface area (Å²) in [6.07, 6.45) is 3.10. The van der Waals surface area contributed by atoms with E-state index in [0.717, 1.165) is 25.0 Å². The summed E-state index contributed by atoms with van der Waals surface area (Å²) < 4.78 is 6.61. The SMILES string of the molecule is COC(=O)[C@H]1[C@H]2CC[C@@H](C2)[C@@H]1NC(=O)Nc1cc(C)n(C)n1. The number of hydrogen-bond acceptors (Lipinski definition) is 4. The maximum absolute atomic E-state index is 12.2. The molecule has 0 radical (unpaired) electrons. The third-order valence-electron chi connectivity index (χ3n) is 5.04. The number of carbonyl (C=O) groups excluding carboxylic acids is 2. The van der Waals surface area contributed by atoms with Gasteiger partial charge in [-0.3, -0.25) is 14.8 Å². The maximum Gasteiger partial charge on any atom is 0.320 e. The van der Waals surface area contributed by atoms with Crippen LogP contribution in [-0.4, -0.2) is 34.9 Å². The average Bonchev–Trinajstić information content (AvgIpc) is 3.14. The highest BCUT2D eigenvalue weighted by molar-refractivity contribution is 5.89. The van der Waals surface area contributed by atoms with Gasteiger partial charge in [0.15, 0.2) is 5.82 Å². The molecule has 0 spiro atoms. The van der Waals surface area contributed by atoms with Gasteiger partial charge in [0.2, 0.25) is 0 Å². The van der Waals surface area contributed by atoms with Crippen molar-refractivity contribution in [2.24, 2.45) is 24.8 Å². The van der Waals surface area contributed by atoms with Crippen LogP contribution in [0.2, 0.25) is 0 Å². The number of hydrogen-bond donors (Lipinski definition) is 2. The summed E-state index contributed by atoms with van der Waals surface area (Å²) in [7, 11) is 3.23. The lowest BCUT2D eigenvalue weighted by Crippen LogP contribution is -2.48. The first kappa shape index (κ1) is 14.9. The number of amides is 2. The molecular weight excluding hydrogens is 284 g/mol. The van der Waals surface area contributed by atoms with E-state index in [2.05, 4.69) is 15.7 Å². The zero-order chi connectivity index (χ0) is 15.9. The van der Waals surface area contributed by atoms with Crippen molar-refractivity contribution in [2.45, 2.75) is 32.2 Å². The molecule has 4 atom stereocenters. The van der Waals surface area contributed by atoms with Crippen LogP contribution in [0.25, 0.3) is 0 Å².